The number of benzene rings is 1. The topological polar surface area (TPSA) is 92.6 Å². The first-order chi connectivity index (χ1) is 16.2. The van der Waals surface area contributed by atoms with Gasteiger partial charge in [0.1, 0.15) is 5.82 Å². The fourth-order valence-corrected chi connectivity index (χ4v) is 5.12. The summed E-state index contributed by atoms with van der Waals surface area (Å²) in [5.41, 5.74) is 12.1. The maximum Gasteiger partial charge on any atom is 0.165 e. The second kappa shape index (κ2) is 9.59. The number of aliphatic hydroxyl groups is 1. The van der Waals surface area contributed by atoms with Crippen molar-refractivity contribution in [1.29, 1.82) is 0 Å². The summed E-state index contributed by atoms with van der Waals surface area (Å²) in [6.45, 7) is 3.19. The molecule has 3 N–H and O–H groups in total. The zero-order valence-corrected chi connectivity index (χ0v) is 19.9. The van der Waals surface area contributed by atoms with Gasteiger partial charge in [-0.3, -0.25) is 4.98 Å². The van der Waals surface area contributed by atoms with Crippen LogP contribution >= 0.6 is 15.9 Å². The molecule has 0 atom stereocenters. The van der Waals surface area contributed by atoms with Crippen molar-refractivity contribution in [2.45, 2.75) is 25.2 Å². The lowest BCUT2D eigenvalue weighted by Crippen LogP contribution is -2.34. The number of halogens is 1. The largest absolute Gasteiger partial charge is 0.396 e. The summed E-state index contributed by atoms with van der Waals surface area (Å²) in [5, 5.41) is 13.6. The maximum absolute atomic E-state index is 9.10. The number of aromatic nitrogens is 4. The number of aliphatic hydroxyl groups excluding tert-OH is 1. The second-order valence-electron chi connectivity index (χ2n) is 8.48. The van der Waals surface area contributed by atoms with Crippen molar-refractivity contribution in [3.63, 3.8) is 0 Å². The minimum atomic E-state index is 0.241. The Balaban J connectivity index is 1.45. The summed E-state index contributed by atoms with van der Waals surface area (Å²) >= 11 is 3.69. The summed E-state index contributed by atoms with van der Waals surface area (Å²) in [6, 6.07) is 14.2. The van der Waals surface area contributed by atoms with E-state index in [9.17, 15) is 0 Å². The summed E-state index contributed by atoms with van der Waals surface area (Å²) in [6.07, 6.45) is 6.54. The first-order valence-electron chi connectivity index (χ1n) is 11.3. The quantitative estimate of drug-likeness (QED) is 0.403. The molecule has 1 aromatic carbocycles. The number of pyridine rings is 1. The van der Waals surface area contributed by atoms with Crippen molar-refractivity contribution >= 4 is 27.4 Å². The van der Waals surface area contributed by atoms with Gasteiger partial charge < -0.3 is 15.7 Å². The third-order valence-corrected chi connectivity index (χ3v) is 7.21. The van der Waals surface area contributed by atoms with E-state index in [1.165, 1.54) is 0 Å². The minimum Gasteiger partial charge on any atom is -0.396 e. The number of nitrogen functional groups attached to an aromatic ring is 1. The molecule has 8 heteroatoms. The summed E-state index contributed by atoms with van der Waals surface area (Å²) in [7, 11) is 0. The van der Waals surface area contributed by atoms with Crippen molar-refractivity contribution in [3.05, 3.63) is 65.0 Å². The standard InChI is InChI=1S/C25H27BrN6O/c26-22-23(18-9-12-31(13-10-18)11-4-14-33)30-25-20(16-29-32(25)24(22)27)19-7-8-21(28-15-19)17-5-2-1-3-6-17/h1-3,5-8,15-16,18,33H,4,9-14,27H2. The zero-order valence-electron chi connectivity index (χ0n) is 18.4. The van der Waals surface area contributed by atoms with Crippen LogP contribution in [0.1, 0.15) is 30.9 Å². The molecular weight excluding hydrogens is 480 g/mol. The SMILES string of the molecule is Nc1c(Br)c(C2CCN(CCCO)CC2)nc2c(-c3ccc(-c4ccccc4)nc3)cnn12. The van der Waals surface area contributed by atoms with Crippen molar-refractivity contribution in [1.82, 2.24) is 24.5 Å². The van der Waals surface area contributed by atoms with Crippen LogP contribution in [-0.4, -0.2) is 55.8 Å². The van der Waals surface area contributed by atoms with E-state index in [0.717, 1.165) is 77.1 Å². The van der Waals surface area contributed by atoms with Gasteiger partial charge in [-0.2, -0.15) is 9.61 Å². The molecular formula is C25H27BrN6O. The first-order valence-corrected chi connectivity index (χ1v) is 12.1. The predicted molar refractivity (Wildman–Crippen MR) is 134 cm³/mol. The van der Waals surface area contributed by atoms with Crippen molar-refractivity contribution in [2.24, 2.45) is 0 Å². The molecule has 0 amide bonds. The van der Waals surface area contributed by atoms with E-state index in [1.807, 2.05) is 36.7 Å². The molecule has 1 fully saturated rings. The molecule has 33 heavy (non-hydrogen) atoms. The van der Waals surface area contributed by atoms with Crippen LogP contribution in [0.25, 0.3) is 28.0 Å². The minimum absolute atomic E-state index is 0.241. The van der Waals surface area contributed by atoms with Gasteiger partial charge in [0.05, 0.1) is 22.1 Å². The molecule has 0 aliphatic carbocycles. The Morgan fingerprint density at radius 2 is 1.82 bits per heavy atom. The molecule has 170 valence electrons. The summed E-state index contributed by atoms with van der Waals surface area (Å²) in [5.74, 6) is 0.899. The average Bonchev–Trinajstić information content (AvgIpc) is 3.30. The number of rotatable bonds is 6. The molecule has 0 unspecified atom stereocenters. The van der Waals surface area contributed by atoms with Gasteiger partial charge in [0.2, 0.25) is 0 Å². The molecule has 0 saturated carbocycles. The Hall–Kier alpha value is -2.81. The van der Waals surface area contributed by atoms with Gasteiger partial charge in [-0.1, -0.05) is 36.4 Å². The highest BCUT2D eigenvalue weighted by Crippen LogP contribution is 2.37. The van der Waals surface area contributed by atoms with Gasteiger partial charge in [-0.25, -0.2) is 4.98 Å². The molecule has 1 saturated heterocycles. The number of nitrogens with two attached hydrogens (primary N) is 1. The Morgan fingerprint density at radius 3 is 2.52 bits per heavy atom. The molecule has 7 nitrogen and oxygen atoms in total. The van der Waals surface area contributed by atoms with E-state index < -0.39 is 0 Å². The number of likely N-dealkylation sites (tertiary alicyclic amines) is 1. The Labute approximate surface area is 201 Å². The average molecular weight is 507 g/mol. The van der Waals surface area contributed by atoms with Crippen LogP contribution in [0.2, 0.25) is 0 Å². The highest BCUT2D eigenvalue weighted by atomic mass is 79.9. The number of piperidine rings is 1. The number of anilines is 1. The van der Waals surface area contributed by atoms with Gasteiger partial charge in [0, 0.05) is 42.0 Å². The fourth-order valence-electron chi connectivity index (χ4n) is 4.54. The molecule has 0 radical (unpaired) electrons. The lowest BCUT2D eigenvalue weighted by Gasteiger charge is -2.32. The van der Waals surface area contributed by atoms with Gasteiger partial charge in [-0.05, 0) is 54.3 Å². The number of fused-ring (bicyclic) bond motifs is 1. The van der Waals surface area contributed by atoms with E-state index in [0.29, 0.717) is 11.7 Å². The second-order valence-corrected chi connectivity index (χ2v) is 9.27. The van der Waals surface area contributed by atoms with E-state index in [2.05, 4.69) is 49.1 Å². The van der Waals surface area contributed by atoms with Gasteiger partial charge in [-0.15, -0.1) is 0 Å². The van der Waals surface area contributed by atoms with Crippen LogP contribution in [0, 0.1) is 0 Å². The van der Waals surface area contributed by atoms with E-state index in [4.69, 9.17) is 15.8 Å². The smallest absolute Gasteiger partial charge is 0.165 e. The Kier molecular flexibility index (Phi) is 6.39. The van der Waals surface area contributed by atoms with Crippen LogP contribution in [0.4, 0.5) is 5.82 Å². The van der Waals surface area contributed by atoms with Crippen molar-refractivity contribution in [3.8, 4) is 22.4 Å². The highest BCUT2D eigenvalue weighted by molar-refractivity contribution is 9.10. The Bertz CT molecular complexity index is 1230. The van der Waals surface area contributed by atoms with Crippen LogP contribution < -0.4 is 5.73 Å². The Morgan fingerprint density at radius 1 is 1.03 bits per heavy atom. The van der Waals surface area contributed by atoms with Crippen LogP contribution in [0.3, 0.4) is 0 Å². The number of nitrogens with zero attached hydrogens (tertiary/aromatic N) is 5. The predicted octanol–water partition coefficient (Wildman–Crippen LogP) is 4.36. The number of hydrogen-bond acceptors (Lipinski definition) is 6. The maximum atomic E-state index is 9.10. The van der Waals surface area contributed by atoms with Crippen LogP contribution in [0.15, 0.2) is 59.3 Å². The first kappa shape index (κ1) is 22.0. The van der Waals surface area contributed by atoms with Crippen LogP contribution in [0.5, 0.6) is 0 Å². The zero-order chi connectivity index (χ0) is 22.8. The number of hydrogen-bond donors (Lipinski definition) is 2. The van der Waals surface area contributed by atoms with E-state index >= 15 is 0 Å². The normalized spacial score (nSPS) is 15.3. The fraction of sp³-hybridized carbons (Fsp3) is 0.320. The lowest BCUT2D eigenvalue weighted by molar-refractivity contribution is 0.186. The summed E-state index contributed by atoms with van der Waals surface area (Å²) in [4.78, 5) is 12.1. The molecule has 5 rings (SSSR count). The third kappa shape index (κ3) is 4.38. The lowest BCUT2D eigenvalue weighted by atomic mass is 9.93. The van der Waals surface area contributed by atoms with Gasteiger partial charge in [0.25, 0.3) is 0 Å². The van der Waals surface area contributed by atoms with E-state index in [1.54, 1.807) is 4.52 Å². The monoisotopic (exact) mass is 506 g/mol. The van der Waals surface area contributed by atoms with Crippen molar-refractivity contribution < 1.29 is 5.11 Å². The molecule has 4 aromatic rings. The van der Waals surface area contributed by atoms with Crippen molar-refractivity contribution in [2.75, 3.05) is 32.0 Å². The van der Waals surface area contributed by atoms with Gasteiger partial charge >= 0.3 is 0 Å². The molecule has 1 aliphatic rings. The van der Waals surface area contributed by atoms with Gasteiger partial charge in [0.15, 0.2) is 5.65 Å². The molecule has 1 aliphatic heterocycles. The molecule has 0 spiro atoms. The van der Waals surface area contributed by atoms with Crippen LogP contribution in [-0.2, 0) is 0 Å². The highest BCUT2D eigenvalue weighted by Gasteiger charge is 2.26. The summed E-state index contributed by atoms with van der Waals surface area (Å²) < 4.78 is 2.53. The molecule has 0 bridgehead atoms. The molecule has 4 heterocycles. The molecule has 3 aromatic heterocycles. The van der Waals surface area contributed by atoms with E-state index in [-0.39, 0.29) is 6.61 Å². The third-order valence-electron chi connectivity index (χ3n) is 6.40.